The van der Waals surface area contributed by atoms with Gasteiger partial charge in [-0.3, -0.25) is 9.59 Å². The van der Waals surface area contributed by atoms with E-state index < -0.39 is 5.92 Å². The number of aromatic nitrogens is 2. The lowest BCUT2D eigenvalue weighted by Gasteiger charge is -2.17. The van der Waals surface area contributed by atoms with Gasteiger partial charge < -0.3 is 15.0 Å². The minimum absolute atomic E-state index is 0.0464. The fraction of sp³-hybridized carbons (Fsp3) is 0.273. The second-order valence-electron chi connectivity index (χ2n) is 7.22. The smallest absolute Gasteiger partial charge is 0.231 e. The van der Waals surface area contributed by atoms with Gasteiger partial charge in [-0.15, -0.1) is 10.2 Å². The highest BCUT2D eigenvalue weighted by Gasteiger charge is 2.35. The van der Waals surface area contributed by atoms with Gasteiger partial charge in [-0.25, -0.2) is 0 Å². The highest BCUT2D eigenvalue weighted by Crippen LogP contribution is 2.28. The first kappa shape index (κ1) is 20.0. The number of anilines is 2. The zero-order valence-electron chi connectivity index (χ0n) is 16.8. The number of ether oxygens (including phenoxy) is 1. The molecular weight excluding hydrogens is 400 g/mol. The highest BCUT2D eigenvalue weighted by molar-refractivity contribution is 7.15. The number of para-hydroxylation sites is 1. The summed E-state index contributed by atoms with van der Waals surface area (Å²) in [5, 5.41) is 12.3. The van der Waals surface area contributed by atoms with Crippen molar-refractivity contribution in [3.8, 4) is 5.75 Å². The van der Waals surface area contributed by atoms with Crippen LogP contribution in [0.5, 0.6) is 5.75 Å². The van der Waals surface area contributed by atoms with Crippen LogP contribution in [0.15, 0.2) is 48.5 Å². The number of amides is 2. The minimum atomic E-state index is -0.417. The molecule has 1 aliphatic heterocycles. The summed E-state index contributed by atoms with van der Waals surface area (Å²) in [7, 11) is 1.63. The first-order valence-corrected chi connectivity index (χ1v) is 10.5. The molecule has 0 saturated carbocycles. The summed E-state index contributed by atoms with van der Waals surface area (Å²) in [4.78, 5) is 26.8. The molecule has 8 heteroatoms. The molecule has 1 unspecified atom stereocenters. The van der Waals surface area contributed by atoms with Gasteiger partial charge in [-0.2, -0.15) is 0 Å². The fourth-order valence-electron chi connectivity index (χ4n) is 3.52. The van der Waals surface area contributed by atoms with Crippen LogP contribution in [0.3, 0.4) is 0 Å². The molecule has 1 saturated heterocycles. The first-order chi connectivity index (χ1) is 14.5. The van der Waals surface area contributed by atoms with Crippen LogP contribution in [0, 0.1) is 12.8 Å². The van der Waals surface area contributed by atoms with Crippen LogP contribution in [0.4, 0.5) is 10.8 Å². The van der Waals surface area contributed by atoms with Crippen molar-refractivity contribution in [2.75, 3.05) is 23.9 Å². The Morgan fingerprint density at radius 1 is 1.23 bits per heavy atom. The molecule has 1 N–H and O–H groups in total. The Balaban J connectivity index is 1.39. The molecule has 154 valence electrons. The molecule has 3 aromatic rings. The third-order valence-corrected chi connectivity index (χ3v) is 5.88. The second-order valence-corrected chi connectivity index (χ2v) is 8.29. The average Bonchev–Trinajstić information content (AvgIpc) is 3.34. The van der Waals surface area contributed by atoms with E-state index in [-0.39, 0.29) is 18.2 Å². The number of methoxy groups -OCH3 is 1. The van der Waals surface area contributed by atoms with Gasteiger partial charge in [0.05, 0.1) is 13.0 Å². The topological polar surface area (TPSA) is 84.4 Å². The van der Waals surface area contributed by atoms with E-state index in [1.807, 2.05) is 55.5 Å². The number of carbonyl (C=O) groups is 2. The van der Waals surface area contributed by atoms with Crippen LogP contribution < -0.4 is 15.0 Å². The molecule has 30 heavy (non-hydrogen) atoms. The fourth-order valence-corrected chi connectivity index (χ4v) is 4.29. The van der Waals surface area contributed by atoms with Crippen LogP contribution in [0.25, 0.3) is 0 Å². The maximum absolute atomic E-state index is 12.7. The van der Waals surface area contributed by atoms with Gasteiger partial charge in [0.25, 0.3) is 0 Å². The van der Waals surface area contributed by atoms with E-state index in [1.54, 1.807) is 12.0 Å². The van der Waals surface area contributed by atoms with Crippen LogP contribution in [0.1, 0.15) is 22.6 Å². The van der Waals surface area contributed by atoms with Crippen molar-refractivity contribution in [1.29, 1.82) is 0 Å². The Labute approximate surface area is 178 Å². The van der Waals surface area contributed by atoms with Gasteiger partial charge in [-0.05, 0) is 30.7 Å². The summed E-state index contributed by atoms with van der Waals surface area (Å²) in [6.45, 7) is 2.34. The zero-order chi connectivity index (χ0) is 21.1. The third kappa shape index (κ3) is 4.33. The van der Waals surface area contributed by atoms with Gasteiger partial charge in [0.15, 0.2) is 0 Å². The maximum atomic E-state index is 12.7. The van der Waals surface area contributed by atoms with E-state index in [0.29, 0.717) is 18.1 Å². The first-order valence-electron chi connectivity index (χ1n) is 9.65. The van der Waals surface area contributed by atoms with E-state index in [9.17, 15) is 9.59 Å². The molecular formula is C22H22N4O3S. The average molecular weight is 423 g/mol. The Hall–Kier alpha value is -3.26. The van der Waals surface area contributed by atoms with E-state index in [4.69, 9.17) is 4.74 Å². The SMILES string of the molecule is COc1ccccc1Cc1nnc(NC(=O)C2CC(=O)N(c3cccc(C)c3)C2)s1. The quantitative estimate of drug-likeness (QED) is 0.658. The predicted octanol–water partition coefficient (Wildman–Crippen LogP) is 3.44. The van der Waals surface area contributed by atoms with Gasteiger partial charge in [-0.1, -0.05) is 41.7 Å². The van der Waals surface area contributed by atoms with Crippen molar-refractivity contribution in [3.63, 3.8) is 0 Å². The monoisotopic (exact) mass is 422 g/mol. The Bertz CT molecular complexity index is 1080. The molecule has 0 spiro atoms. The van der Waals surface area contributed by atoms with E-state index in [1.165, 1.54) is 11.3 Å². The van der Waals surface area contributed by atoms with Crippen molar-refractivity contribution < 1.29 is 14.3 Å². The summed E-state index contributed by atoms with van der Waals surface area (Å²) >= 11 is 1.33. The molecule has 2 heterocycles. The number of hydrogen-bond acceptors (Lipinski definition) is 6. The third-order valence-electron chi connectivity index (χ3n) is 5.04. The van der Waals surface area contributed by atoms with Crippen LogP contribution in [-0.2, 0) is 16.0 Å². The Kier molecular flexibility index (Phi) is 5.76. The molecule has 2 amide bonds. The van der Waals surface area contributed by atoms with E-state index in [0.717, 1.165) is 27.6 Å². The summed E-state index contributed by atoms with van der Waals surface area (Å²) in [6.07, 6.45) is 0.757. The number of carbonyl (C=O) groups excluding carboxylic acids is 2. The van der Waals surface area contributed by atoms with Gasteiger partial charge in [0.1, 0.15) is 10.8 Å². The molecule has 1 fully saturated rings. The minimum Gasteiger partial charge on any atom is -0.496 e. The molecule has 7 nitrogen and oxygen atoms in total. The summed E-state index contributed by atoms with van der Waals surface area (Å²) in [6, 6.07) is 15.5. The molecule has 1 aliphatic rings. The summed E-state index contributed by atoms with van der Waals surface area (Å²) in [5.41, 5.74) is 2.90. The van der Waals surface area contributed by atoms with Crippen LogP contribution in [-0.4, -0.2) is 35.7 Å². The molecule has 0 aliphatic carbocycles. The number of nitrogens with one attached hydrogen (secondary N) is 1. The Morgan fingerprint density at radius 2 is 2.07 bits per heavy atom. The van der Waals surface area contributed by atoms with Gasteiger partial charge >= 0.3 is 0 Å². The van der Waals surface area contributed by atoms with Crippen molar-refractivity contribution in [2.24, 2.45) is 5.92 Å². The largest absolute Gasteiger partial charge is 0.496 e. The molecule has 2 aromatic carbocycles. The van der Waals surface area contributed by atoms with Crippen LogP contribution in [0.2, 0.25) is 0 Å². The summed E-state index contributed by atoms with van der Waals surface area (Å²) < 4.78 is 5.37. The van der Waals surface area contributed by atoms with Crippen LogP contribution >= 0.6 is 11.3 Å². The lowest BCUT2D eigenvalue weighted by atomic mass is 10.1. The predicted molar refractivity (Wildman–Crippen MR) is 116 cm³/mol. The maximum Gasteiger partial charge on any atom is 0.231 e. The molecule has 0 bridgehead atoms. The van der Waals surface area contributed by atoms with Crippen molar-refractivity contribution in [1.82, 2.24) is 10.2 Å². The number of nitrogens with zero attached hydrogens (tertiary/aromatic N) is 3. The molecule has 4 rings (SSSR count). The molecule has 1 aromatic heterocycles. The number of hydrogen-bond donors (Lipinski definition) is 1. The normalized spacial score (nSPS) is 16.0. The van der Waals surface area contributed by atoms with Gasteiger partial charge in [0.2, 0.25) is 16.9 Å². The van der Waals surface area contributed by atoms with Crippen molar-refractivity contribution >= 4 is 34.0 Å². The summed E-state index contributed by atoms with van der Waals surface area (Å²) in [5.74, 6) is 0.118. The van der Waals surface area contributed by atoms with Crippen molar-refractivity contribution in [3.05, 3.63) is 64.7 Å². The Morgan fingerprint density at radius 3 is 2.87 bits per heavy atom. The van der Waals surface area contributed by atoms with Gasteiger partial charge in [0, 0.05) is 30.6 Å². The number of benzene rings is 2. The highest BCUT2D eigenvalue weighted by atomic mass is 32.1. The lowest BCUT2D eigenvalue weighted by Crippen LogP contribution is -2.28. The zero-order valence-corrected chi connectivity index (χ0v) is 17.6. The lowest BCUT2D eigenvalue weighted by molar-refractivity contribution is -0.122. The second kappa shape index (κ2) is 8.62. The standard InChI is InChI=1S/C22H22N4O3S/c1-14-6-5-8-17(10-14)26-13-16(12-20(26)27)21(28)23-22-25-24-19(30-22)11-15-7-3-4-9-18(15)29-2/h3-10,16H,11-13H2,1-2H3,(H,23,25,28). The van der Waals surface area contributed by atoms with E-state index >= 15 is 0 Å². The molecule has 0 radical (unpaired) electrons. The number of rotatable bonds is 6. The number of aryl methyl sites for hydroxylation is 1. The van der Waals surface area contributed by atoms with E-state index in [2.05, 4.69) is 15.5 Å². The molecule has 1 atom stereocenters. The van der Waals surface area contributed by atoms with Crippen molar-refractivity contribution in [2.45, 2.75) is 19.8 Å².